The van der Waals surface area contributed by atoms with Crippen LogP contribution in [-0.2, 0) is 10.0 Å². The molecule has 1 N–H and O–H groups in total. The maximum atomic E-state index is 13.2. The summed E-state index contributed by atoms with van der Waals surface area (Å²) in [5.41, 5.74) is 0. The summed E-state index contributed by atoms with van der Waals surface area (Å²) in [4.78, 5) is 0.0480. The first-order valence-corrected chi connectivity index (χ1v) is 8.99. The van der Waals surface area contributed by atoms with Crippen LogP contribution in [-0.4, -0.2) is 38.4 Å². The number of nitrogens with zero attached hydrogens (tertiary/aromatic N) is 1. The van der Waals surface area contributed by atoms with Gasteiger partial charge in [-0.25, -0.2) is 12.8 Å². The van der Waals surface area contributed by atoms with Crippen molar-refractivity contribution in [1.29, 1.82) is 0 Å². The van der Waals surface area contributed by atoms with Gasteiger partial charge in [0.2, 0.25) is 10.0 Å². The molecule has 2 aliphatic rings. The quantitative estimate of drug-likeness (QED) is 0.889. The minimum Gasteiger partial charge on any atom is -0.314 e. The van der Waals surface area contributed by atoms with Gasteiger partial charge in [-0.3, -0.25) is 0 Å². The summed E-state index contributed by atoms with van der Waals surface area (Å²) in [6.07, 6.45) is 4.28. The van der Waals surface area contributed by atoms with E-state index in [-0.39, 0.29) is 17.3 Å². The van der Waals surface area contributed by atoms with Crippen molar-refractivity contribution in [1.82, 2.24) is 9.62 Å². The van der Waals surface area contributed by atoms with Gasteiger partial charge in [0.1, 0.15) is 5.82 Å². The highest BCUT2D eigenvalue weighted by atomic mass is 35.5. The Labute approximate surface area is 137 Å². The second-order valence-corrected chi connectivity index (χ2v) is 7.93. The molecule has 124 valence electrons. The van der Waals surface area contributed by atoms with Gasteiger partial charge >= 0.3 is 0 Å². The van der Waals surface area contributed by atoms with Gasteiger partial charge in [0.05, 0.1) is 4.90 Å². The van der Waals surface area contributed by atoms with Crippen LogP contribution in [0.1, 0.15) is 25.7 Å². The molecular weight excluding hydrogens is 327 g/mol. The molecule has 2 fully saturated rings. The maximum absolute atomic E-state index is 13.2. The Morgan fingerprint density at radius 1 is 1.18 bits per heavy atom. The van der Waals surface area contributed by atoms with Crippen LogP contribution in [0, 0.1) is 11.7 Å². The van der Waals surface area contributed by atoms with Crippen LogP contribution in [0.15, 0.2) is 29.2 Å². The average molecular weight is 349 g/mol. The first-order valence-electron chi connectivity index (χ1n) is 7.55. The zero-order chi connectivity index (χ0) is 14.9. The largest absolute Gasteiger partial charge is 0.314 e. The molecule has 0 unspecified atom stereocenters. The Morgan fingerprint density at radius 3 is 2.45 bits per heavy atom. The average Bonchev–Trinajstić information content (AvgIpc) is 3.30. The summed E-state index contributed by atoms with van der Waals surface area (Å²) in [5.74, 6) is 0.316. The fourth-order valence-electron chi connectivity index (χ4n) is 2.73. The summed E-state index contributed by atoms with van der Waals surface area (Å²) in [7, 11) is -3.56. The van der Waals surface area contributed by atoms with Crippen molar-refractivity contribution < 1.29 is 12.8 Å². The van der Waals surface area contributed by atoms with Crippen molar-refractivity contribution in [2.45, 2.75) is 36.6 Å². The highest BCUT2D eigenvalue weighted by molar-refractivity contribution is 7.89. The molecule has 1 heterocycles. The predicted octanol–water partition coefficient (Wildman–Crippen LogP) is 2.40. The Kier molecular flexibility index (Phi) is 5.82. The highest BCUT2D eigenvalue weighted by Crippen LogP contribution is 2.28. The summed E-state index contributed by atoms with van der Waals surface area (Å²) in [6.45, 7) is 2.06. The topological polar surface area (TPSA) is 49.4 Å². The Hall–Kier alpha value is -0.690. The third-order valence-electron chi connectivity index (χ3n) is 4.28. The summed E-state index contributed by atoms with van der Waals surface area (Å²) in [5, 5.41) is 3.52. The van der Waals surface area contributed by atoms with E-state index in [0.717, 1.165) is 31.4 Å². The number of sulfonamides is 1. The van der Waals surface area contributed by atoms with Crippen molar-refractivity contribution >= 4 is 22.4 Å². The molecule has 0 amide bonds. The van der Waals surface area contributed by atoms with Gasteiger partial charge in [-0.15, -0.1) is 12.4 Å². The molecule has 1 aromatic rings. The summed E-state index contributed by atoms with van der Waals surface area (Å²) in [6, 6.07) is 5.64. The molecule has 1 saturated heterocycles. The third kappa shape index (κ3) is 4.19. The van der Waals surface area contributed by atoms with Gasteiger partial charge in [-0.2, -0.15) is 4.31 Å². The van der Waals surface area contributed by atoms with E-state index in [2.05, 4.69) is 5.32 Å². The molecule has 1 aromatic carbocycles. The molecule has 0 aromatic heterocycles. The van der Waals surface area contributed by atoms with Gasteiger partial charge < -0.3 is 5.32 Å². The molecule has 1 saturated carbocycles. The lowest BCUT2D eigenvalue weighted by molar-refractivity contribution is 0.288. The molecular formula is C15H22ClFN2O2S. The molecule has 4 nitrogen and oxygen atoms in total. The van der Waals surface area contributed by atoms with Gasteiger partial charge in [0.25, 0.3) is 0 Å². The lowest BCUT2D eigenvalue weighted by Crippen LogP contribution is -2.45. The zero-order valence-corrected chi connectivity index (χ0v) is 14.0. The van der Waals surface area contributed by atoms with Gasteiger partial charge in [0, 0.05) is 19.1 Å². The van der Waals surface area contributed by atoms with Crippen LogP contribution in [0.2, 0.25) is 0 Å². The van der Waals surface area contributed by atoms with Gasteiger partial charge in [-0.1, -0.05) is 6.07 Å². The summed E-state index contributed by atoms with van der Waals surface area (Å²) < 4.78 is 39.6. The van der Waals surface area contributed by atoms with Crippen LogP contribution in [0.4, 0.5) is 4.39 Å². The maximum Gasteiger partial charge on any atom is 0.243 e. The number of nitrogens with one attached hydrogen (secondary N) is 1. The molecule has 1 aliphatic heterocycles. The van der Waals surface area contributed by atoms with E-state index < -0.39 is 15.8 Å². The third-order valence-corrected chi connectivity index (χ3v) is 6.17. The van der Waals surface area contributed by atoms with E-state index in [1.807, 2.05) is 0 Å². The minimum absolute atomic E-state index is 0. The van der Waals surface area contributed by atoms with Crippen LogP contribution in [0.25, 0.3) is 0 Å². The lowest BCUT2D eigenvalue weighted by atomic mass is 10.1. The van der Waals surface area contributed by atoms with Gasteiger partial charge in [0.15, 0.2) is 0 Å². The normalized spacial score (nSPS) is 20.6. The molecule has 3 rings (SSSR count). The van der Waals surface area contributed by atoms with Crippen LogP contribution < -0.4 is 5.32 Å². The summed E-state index contributed by atoms with van der Waals surface area (Å²) >= 11 is 0. The number of piperidine rings is 1. The first kappa shape index (κ1) is 17.7. The fourth-order valence-corrected chi connectivity index (χ4v) is 4.23. The van der Waals surface area contributed by atoms with Crippen molar-refractivity contribution in [3.63, 3.8) is 0 Å². The van der Waals surface area contributed by atoms with Crippen molar-refractivity contribution in [2.24, 2.45) is 5.92 Å². The fraction of sp³-hybridized carbons (Fsp3) is 0.600. The number of rotatable bonds is 5. The van der Waals surface area contributed by atoms with Crippen LogP contribution in [0.5, 0.6) is 0 Å². The number of hydrogen-bond donors (Lipinski definition) is 1. The Balaban J connectivity index is 0.00000176. The number of hydrogen-bond acceptors (Lipinski definition) is 3. The smallest absolute Gasteiger partial charge is 0.243 e. The lowest BCUT2D eigenvalue weighted by Gasteiger charge is -2.31. The van der Waals surface area contributed by atoms with Crippen molar-refractivity contribution in [2.75, 3.05) is 19.6 Å². The van der Waals surface area contributed by atoms with E-state index >= 15 is 0 Å². The minimum atomic E-state index is -3.56. The second-order valence-electron chi connectivity index (χ2n) is 5.99. The number of halogens is 2. The second kappa shape index (κ2) is 7.25. The van der Waals surface area contributed by atoms with E-state index in [1.165, 1.54) is 35.3 Å². The zero-order valence-electron chi connectivity index (χ0n) is 12.4. The molecule has 1 aliphatic carbocycles. The first-order chi connectivity index (χ1) is 10.1. The molecule has 0 atom stereocenters. The molecule has 22 heavy (non-hydrogen) atoms. The predicted molar refractivity (Wildman–Crippen MR) is 86.2 cm³/mol. The van der Waals surface area contributed by atoms with E-state index in [4.69, 9.17) is 0 Å². The van der Waals surface area contributed by atoms with E-state index in [1.54, 1.807) is 0 Å². The van der Waals surface area contributed by atoms with E-state index in [9.17, 15) is 12.8 Å². The van der Waals surface area contributed by atoms with E-state index in [0.29, 0.717) is 19.1 Å². The number of benzene rings is 1. The van der Waals surface area contributed by atoms with Crippen LogP contribution >= 0.6 is 12.4 Å². The molecule has 0 radical (unpaired) electrons. The monoisotopic (exact) mass is 348 g/mol. The standard InChI is InChI=1S/C15H21FN2O2S.ClH/c16-13-2-1-3-15(10-13)21(19,20)18-8-6-14(7-9-18)17-11-12-4-5-12;/h1-3,10,12,14,17H,4-9,11H2;1H. The van der Waals surface area contributed by atoms with Gasteiger partial charge in [-0.05, 0) is 56.3 Å². The molecule has 0 spiro atoms. The van der Waals surface area contributed by atoms with Crippen molar-refractivity contribution in [3.05, 3.63) is 30.1 Å². The SMILES string of the molecule is Cl.O=S(=O)(c1cccc(F)c1)N1CCC(NCC2CC2)CC1. The molecule has 7 heteroatoms. The van der Waals surface area contributed by atoms with Crippen molar-refractivity contribution in [3.8, 4) is 0 Å². The van der Waals surface area contributed by atoms with Crippen LogP contribution in [0.3, 0.4) is 0 Å². The Bertz CT molecular complexity index is 599. The molecule has 0 bridgehead atoms. The Morgan fingerprint density at radius 2 is 1.86 bits per heavy atom. The highest BCUT2D eigenvalue weighted by Gasteiger charge is 2.30.